The summed E-state index contributed by atoms with van der Waals surface area (Å²) in [5.74, 6) is -1.02. The number of likely N-dealkylation sites (tertiary alicyclic amines) is 2. The third kappa shape index (κ3) is 5.16. The highest BCUT2D eigenvalue weighted by Crippen LogP contribution is 2.32. The van der Waals surface area contributed by atoms with Crippen molar-refractivity contribution in [3.8, 4) is 6.19 Å². The summed E-state index contributed by atoms with van der Waals surface area (Å²) < 4.78 is 0. The summed E-state index contributed by atoms with van der Waals surface area (Å²) in [4.78, 5) is 38.3. The maximum Gasteiger partial charge on any atom is 0.249 e. The van der Waals surface area contributed by atoms with Gasteiger partial charge in [0, 0.05) is 58.3 Å². The summed E-state index contributed by atoms with van der Waals surface area (Å²) in [6, 6.07) is 10.2. The fourth-order valence-electron chi connectivity index (χ4n) is 5.36. The standard InChI is InChI=1S/C24H33N7O3/c1-28-11-13-29(14-12-28)24(26-17-25)31-10-8-20(21(16-31)22(32)27-34)23(33)30-9-7-19(15-30)18-5-3-2-4-6-18/h2-6,19-21,34H,7-16H2,1H3,(H,27,32)/t19-,20-,21-/m0/s1. The van der Waals surface area contributed by atoms with Gasteiger partial charge in [0.2, 0.25) is 24.0 Å². The molecule has 2 N–H and O–H groups in total. The molecule has 0 unspecified atom stereocenters. The lowest BCUT2D eigenvalue weighted by Crippen LogP contribution is -2.58. The molecule has 2 amide bonds. The molecular formula is C24H33N7O3. The second-order valence-corrected chi connectivity index (χ2v) is 9.41. The van der Waals surface area contributed by atoms with E-state index in [4.69, 9.17) is 0 Å². The minimum atomic E-state index is -0.724. The maximum absolute atomic E-state index is 13.5. The molecule has 0 radical (unpaired) electrons. The van der Waals surface area contributed by atoms with Crippen molar-refractivity contribution in [1.82, 2.24) is 25.1 Å². The molecule has 0 spiro atoms. The van der Waals surface area contributed by atoms with Crippen molar-refractivity contribution in [1.29, 1.82) is 5.26 Å². The number of aliphatic imine (C=N–C) groups is 1. The zero-order chi connectivity index (χ0) is 24.1. The van der Waals surface area contributed by atoms with Gasteiger partial charge in [-0.2, -0.15) is 5.26 Å². The minimum absolute atomic E-state index is 0.0370. The van der Waals surface area contributed by atoms with Gasteiger partial charge in [-0.25, -0.2) is 5.48 Å². The minimum Gasteiger partial charge on any atom is -0.342 e. The second kappa shape index (κ2) is 10.8. The van der Waals surface area contributed by atoms with E-state index in [2.05, 4.69) is 34.0 Å². The van der Waals surface area contributed by atoms with Gasteiger partial charge in [0.15, 0.2) is 0 Å². The van der Waals surface area contributed by atoms with Crippen molar-refractivity contribution in [3.63, 3.8) is 0 Å². The normalized spacial score (nSPS) is 26.3. The van der Waals surface area contributed by atoms with Crippen LogP contribution in [0.1, 0.15) is 24.3 Å². The van der Waals surface area contributed by atoms with Crippen LogP contribution in [0.2, 0.25) is 0 Å². The van der Waals surface area contributed by atoms with E-state index in [9.17, 15) is 20.1 Å². The number of carbonyl (C=O) groups excluding carboxylic acids is 2. The molecule has 4 rings (SSSR count). The molecule has 3 aliphatic rings. The summed E-state index contributed by atoms with van der Waals surface area (Å²) >= 11 is 0. The van der Waals surface area contributed by atoms with Crippen molar-refractivity contribution in [2.24, 2.45) is 16.8 Å². The lowest BCUT2D eigenvalue weighted by atomic mass is 9.83. The number of hydrogen-bond donors (Lipinski definition) is 2. The van der Waals surface area contributed by atoms with E-state index in [1.54, 1.807) is 5.48 Å². The Morgan fingerprint density at radius 3 is 2.35 bits per heavy atom. The summed E-state index contributed by atoms with van der Waals surface area (Å²) in [6.07, 6.45) is 3.25. The number of guanidine groups is 1. The first-order chi connectivity index (χ1) is 16.5. The van der Waals surface area contributed by atoms with Gasteiger partial charge in [0.05, 0.1) is 11.8 Å². The Hall–Kier alpha value is -3.16. The molecular weight excluding hydrogens is 434 g/mol. The number of amides is 2. The van der Waals surface area contributed by atoms with E-state index in [1.807, 2.05) is 34.2 Å². The number of likely N-dealkylation sites (N-methyl/N-ethyl adjacent to an activating group) is 1. The Labute approximate surface area is 200 Å². The van der Waals surface area contributed by atoms with E-state index in [0.717, 1.165) is 32.6 Å². The number of nitrogens with zero attached hydrogens (tertiary/aromatic N) is 6. The molecule has 3 aliphatic heterocycles. The zero-order valence-corrected chi connectivity index (χ0v) is 19.6. The van der Waals surface area contributed by atoms with Crippen LogP contribution in [0, 0.1) is 23.3 Å². The first kappa shape index (κ1) is 24.0. The largest absolute Gasteiger partial charge is 0.342 e. The molecule has 10 heteroatoms. The third-order valence-corrected chi connectivity index (χ3v) is 7.37. The van der Waals surface area contributed by atoms with Crippen LogP contribution in [0.25, 0.3) is 0 Å². The van der Waals surface area contributed by atoms with Crippen molar-refractivity contribution in [2.45, 2.75) is 18.8 Å². The predicted octanol–water partition coefficient (Wildman–Crippen LogP) is 0.530. The van der Waals surface area contributed by atoms with Crippen LogP contribution in [0.15, 0.2) is 35.3 Å². The van der Waals surface area contributed by atoms with Gasteiger partial charge < -0.3 is 19.6 Å². The Balaban J connectivity index is 1.46. The summed E-state index contributed by atoms with van der Waals surface area (Å²) in [7, 11) is 2.05. The Morgan fingerprint density at radius 2 is 1.68 bits per heavy atom. The van der Waals surface area contributed by atoms with Crippen LogP contribution < -0.4 is 5.48 Å². The molecule has 0 bridgehead atoms. The second-order valence-electron chi connectivity index (χ2n) is 9.41. The van der Waals surface area contributed by atoms with Crippen LogP contribution >= 0.6 is 0 Å². The van der Waals surface area contributed by atoms with Crippen molar-refractivity contribution >= 4 is 17.8 Å². The molecule has 3 atom stereocenters. The molecule has 1 aromatic rings. The predicted molar refractivity (Wildman–Crippen MR) is 126 cm³/mol. The maximum atomic E-state index is 13.5. The molecule has 0 aliphatic carbocycles. The van der Waals surface area contributed by atoms with Crippen molar-refractivity contribution in [3.05, 3.63) is 35.9 Å². The molecule has 3 saturated heterocycles. The van der Waals surface area contributed by atoms with E-state index in [-0.39, 0.29) is 12.5 Å². The molecule has 1 aromatic carbocycles. The summed E-state index contributed by atoms with van der Waals surface area (Å²) in [5, 5.41) is 18.7. The lowest BCUT2D eigenvalue weighted by Gasteiger charge is -2.43. The average Bonchev–Trinajstić information content (AvgIpc) is 3.38. The van der Waals surface area contributed by atoms with Gasteiger partial charge in [-0.3, -0.25) is 14.8 Å². The number of nitrogens with one attached hydrogen (secondary N) is 1. The Morgan fingerprint density at radius 1 is 0.971 bits per heavy atom. The van der Waals surface area contributed by atoms with Crippen molar-refractivity contribution in [2.75, 3.05) is 59.4 Å². The monoisotopic (exact) mass is 467 g/mol. The lowest BCUT2D eigenvalue weighted by molar-refractivity contribution is -0.147. The summed E-state index contributed by atoms with van der Waals surface area (Å²) in [5.41, 5.74) is 2.98. The molecule has 3 heterocycles. The average molecular weight is 468 g/mol. The molecule has 34 heavy (non-hydrogen) atoms. The number of rotatable bonds is 3. The van der Waals surface area contributed by atoms with Gasteiger partial charge in [-0.1, -0.05) is 30.3 Å². The van der Waals surface area contributed by atoms with E-state index >= 15 is 0 Å². The van der Waals surface area contributed by atoms with Gasteiger partial charge in [-0.05, 0) is 25.5 Å². The zero-order valence-electron chi connectivity index (χ0n) is 19.6. The number of piperazine rings is 1. The van der Waals surface area contributed by atoms with Crippen LogP contribution in [0.3, 0.4) is 0 Å². The third-order valence-electron chi connectivity index (χ3n) is 7.37. The number of hydrogen-bond acceptors (Lipinski definition) is 6. The Bertz CT molecular complexity index is 940. The smallest absolute Gasteiger partial charge is 0.249 e. The van der Waals surface area contributed by atoms with Crippen LogP contribution in [0.4, 0.5) is 0 Å². The number of hydroxylamine groups is 1. The molecule has 0 saturated carbocycles. The summed E-state index contributed by atoms with van der Waals surface area (Å²) in [6.45, 7) is 5.24. The first-order valence-electron chi connectivity index (χ1n) is 11.9. The number of nitriles is 1. The van der Waals surface area contributed by atoms with Crippen molar-refractivity contribution < 1.29 is 14.8 Å². The first-order valence-corrected chi connectivity index (χ1v) is 11.9. The molecule has 10 nitrogen and oxygen atoms in total. The fourth-order valence-corrected chi connectivity index (χ4v) is 5.36. The van der Waals surface area contributed by atoms with Gasteiger partial charge in [-0.15, -0.1) is 4.99 Å². The molecule has 3 fully saturated rings. The topological polar surface area (TPSA) is 116 Å². The van der Waals surface area contributed by atoms with E-state index in [1.165, 1.54) is 5.56 Å². The number of piperidine rings is 1. The van der Waals surface area contributed by atoms with Gasteiger partial charge in [0.25, 0.3) is 0 Å². The highest BCUT2D eigenvalue weighted by Gasteiger charge is 2.43. The SMILES string of the molecule is CN1CCN(C(=NC#N)N2CC[C@H](C(=O)N3CC[C@H](c4ccccc4)C3)[C@@H](C(=O)NO)C2)CC1. The van der Waals surface area contributed by atoms with Crippen LogP contribution in [-0.2, 0) is 9.59 Å². The van der Waals surface area contributed by atoms with Crippen LogP contribution in [-0.4, -0.2) is 102 Å². The molecule has 0 aromatic heterocycles. The number of carbonyl (C=O) groups is 2. The highest BCUT2D eigenvalue weighted by molar-refractivity contribution is 5.89. The van der Waals surface area contributed by atoms with E-state index < -0.39 is 17.7 Å². The van der Waals surface area contributed by atoms with Gasteiger partial charge in [0.1, 0.15) is 0 Å². The fraction of sp³-hybridized carbons (Fsp3) is 0.583. The van der Waals surface area contributed by atoms with Crippen LogP contribution in [0.5, 0.6) is 0 Å². The quantitative estimate of drug-likeness (QED) is 0.219. The highest BCUT2D eigenvalue weighted by atomic mass is 16.5. The van der Waals surface area contributed by atoms with Gasteiger partial charge >= 0.3 is 0 Å². The number of benzene rings is 1. The Kier molecular flexibility index (Phi) is 7.65. The van der Waals surface area contributed by atoms with E-state index in [0.29, 0.717) is 37.9 Å². The molecule has 182 valence electrons.